The Hall–Kier alpha value is -2.86. The molecule has 0 radical (unpaired) electrons. The largest absolute Gasteiger partial charge is 0.424 e. The fraction of sp³-hybridized carbons (Fsp3) is 0.350. The molecule has 0 saturated heterocycles. The minimum absolute atomic E-state index is 0.0198. The number of aliphatic imine (C=N–C) groups is 1. The number of carbonyl (C=O) groups excluding carboxylic acids is 1. The highest BCUT2D eigenvalue weighted by Crippen LogP contribution is 2.41. The van der Waals surface area contributed by atoms with Crippen molar-refractivity contribution in [2.45, 2.75) is 37.6 Å². The molecule has 1 aliphatic rings. The van der Waals surface area contributed by atoms with Crippen molar-refractivity contribution in [2.24, 2.45) is 10.7 Å². The van der Waals surface area contributed by atoms with Crippen LogP contribution in [-0.4, -0.2) is 35.1 Å². The fourth-order valence-corrected chi connectivity index (χ4v) is 3.33. The lowest BCUT2D eigenvalue weighted by Gasteiger charge is -2.41. The average molecular weight is 495 g/mol. The maximum absolute atomic E-state index is 14.6. The van der Waals surface area contributed by atoms with Crippen molar-refractivity contribution < 1.29 is 35.9 Å². The molecule has 178 valence electrons. The number of nitrogens with one attached hydrogen (secondary N) is 1. The van der Waals surface area contributed by atoms with Crippen LogP contribution < -0.4 is 11.1 Å². The van der Waals surface area contributed by atoms with E-state index in [1.807, 2.05) is 0 Å². The third-order valence-corrected chi connectivity index (χ3v) is 5.46. The minimum Gasteiger partial charge on any atom is -0.385 e. The minimum atomic E-state index is -4.84. The lowest BCUT2D eigenvalue weighted by Crippen LogP contribution is -2.60. The van der Waals surface area contributed by atoms with Crippen LogP contribution in [-0.2, 0) is 10.3 Å². The molecule has 1 aromatic carbocycles. The Bertz CT molecular complexity index is 1130. The van der Waals surface area contributed by atoms with E-state index in [0.29, 0.717) is 6.92 Å². The van der Waals surface area contributed by atoms with E-state index in [2.05, 4.69) is 15.3 Å². The number of hydrogen-bond donors (Lipinski definition) is 2. The number of hydrogen-bond acceptors (Lipinski definition) is 5. The summed E-state index contributed by atoms with van der Waals surface area (Å²) in [6, 6.07) is 4.18. The van der Waals surface area contributed by atoms with Gasteiger partial charge in [-0.2, -0.15) is 13.2 Å². The lowest BCUT2D eigenvalue weighted by atomic mass is 9.89. The Morgan fingerprint density at radius 1 is 1.27 bits per heavy atom. The molecule has 0 aliphatic carbocycles. The van der Waals surface area contributed by atoms with E-state index >= 15 is 0 Å². The number of pyridine rings is 1. The molecule has 6 nitrogen and oxygen atoms in total. The molecule has 0 fully saturated rings. The van der Waals surface area contributed by atoms with Crippen LogP contribution in [0.5, 0.6) is 0 Å². The first kappa shape index (κ1) is 24.8. The van der Waals surface area contributed by atoms with Crippen molar-refractivity contribution in [1.82, 2.24) is 4.98 Å². The molecule has 0 spiro atoms. The molecule has 1 aliphatic heterocycles. The maximum Gasteiger partial charge on any atom is 0.424 e. The summed E-state index contributed by atoms with van der Waals surface area (Å²) in [7, 11) is 0. The third-order valence-electron chi connectivity index (χ3n) is 5.17. The summed E-state index contributed by atoms with van der Waals surface area (Å²) in [5, 5.41) is 2.05. The van der Waals surface area contributed by atoms with Crippen molar-refractivity contribution in [1.29, 1.82) is 0 Å². The SMILES string of the molecule is CC1(c2cc(NC(=O)c3ncc(C(F)F)cc3Cl)ccc2F)COC(C)(C(F)(F)F)C(N)=N1. The first-order valence-corrected chi connectivity index (χ1v) is 9.67. The molecule has 3 rings (SSSR count). The molecule has 2 aromatic rings. The normalized spacial score (nSPS) is 23.4. The number of amidine groups is 1. The second-order valence-corrected chi connectivity index (χ2v) is 8.05. The Balaban J connectivity index is 1.91. The molecule has 0 saturated carbocycles. The number of halogens is 7. The molecule has 3 N–H and O–H groups in total. The van der Waals surface area contributed by atoms with Crippen molar-refractivity contribution in [3.8, 4) is 0 Å². The van der Waals surface area contributed by atoms with Gasteiger partial charge in [-0.25, -0.2) is 18.2 Å². The van der Waals surface area contributed by atoms with Crippen LogP contribution in [0.3, 0.4) is 0 Å². The molecule has 33 heavy (non-hydrogen) atoms. The first-order chi connectivity index (χ1) is 15.2. The zero-order chi connectivity index (χ0) is 24.8. The highest BCUT2D eigenvalue weighted by Gasteiger charge is 2.59. The van der Waals surface area contributed by atoms with Gasteiger partial charge in [0.25, 0.3) is 12.3 Å². The van der Waals surface area contributed by atoms with Gasteiger partial charge in [0.15, 0.2) is 0 Å². The quantitative estimate of drug-likeness (QED) is 0.586. The summed E-state index contributed by atoms with van der Waals surface area (Å²) in [4.78, 5) is 20.0. The highest BCUT2D eigenvalue weighted by atomic mass is 35.5. The Morgan fingerprint density at radius 2 is 1.94 bits per heavy atom. The third kappa shape index (κ3) is 4.62. The lowest BCUT2D eigenvalue weighted by molar-refractivity contribution is -0.249. The molecule has 0 bridgehead atoms. The summed E-state index contributed by atoms with van der Waals surface area (Å²) >= 11 is 5.86. The standard InChI is InChI=1S/C20H17ClF6N4O2/c1-18(8-33-19(2,17(28)31-18)20(25,26)27)11-6-10(3-4-13(11)22)30-16(32)14-12(21)5-9(7-29-14)15(23)24/h3-7,15H,8H2,1-2H3,(H2,28,31)(H,30,32). The van der Waals surface area contributed by atoms with Gasteiger partial charge in [0.2, 0.25) is 5.60 Å². The predicted molar refractivity (Wildman–Crippen MR) is 108 cm³/mol. The number of ether oxygens (including phenoxy) is 1. The summed E-state index contributed by atoms with van der Waals surface area (Å²) in [6.07, 6.45) is -6.89. The van der Waals surface area contributed by atoms with Crippen LogP contribution in [0.25, 0.3) is 0 Å². The number of amides is 1. The number of carbonyl (C=O) groups is 1. The monoisotopic (exact) mass is 494 g/mol. The predicted octanol–water partition coefficient (Wildman–Crippen LogP) is 4.99. The summed E-state index contributed by atoms with van der Waals surface area (Å²) in [5.41, 5.74) is 0.0681. The van der Waals surface area contributed by atoms with E-state index in [9.17, 15) is 31.1 Å². The second-order valence-electron chi connectivity index (χ2n) is 7.64. The van der Waals surface area contributed by atoms with Gasteiger partial charge in [0.05, 0.1) is 11.6 Å². The number of alkyl halides is 5. The van der Waals surface area contributed by atoms with Crippen LogP contribution >= 0.6 is 11.6 Å². The van der Waals surface area contributed by atoms with Crippen molar-refractivity contribution in [3.63, 3.8) is 0 Å². The van der Waals surface area contributed by atoms with E-state index in [1.54, 1.807) is 0 Å². The van der Waals surface area contributed by atoms with Crippen LogP contribution in [0.1, 0.15) is 41.9 Å². The molecule has 2 atom stereocenters. The Kier molecular flexibility index (Phi) is 6.37. The second kappa shape index (κ2) is 8.49. The maximum atomic E-state index is 14.6. The van der Waals surface area contributed by atoms with Crippen molar-refractivity contribution in [2.75, 3.05) is 11.9 Å². The molecular weight excluding hydrogens is 478 g/mol. The Labute approximate surface area is 188 Å². The molecule has 2 unspecified atom stereocenters. The van der Waals surface area contributed by atoms with Gasteiger partial charge in [-0.1, -0.05) is 11.6 Å². The molecular formula is C20H17ClF6N4O2. The van der Waals surface area contributed by atoms with E-state index < -0.39 is 53.5 Å². The van der Waals surface area contributed by atoms with E-state index in [-0.39, 0.29) is 22.0 Å². The van der Waals surface area contributed by atoms with Crippen molar-refractivity contribution >= 4 is 29.0 Å². The van der Waals surface area contributed by atoms with E-state index in [1.165, 1.54) is 13.0 Å². The summed E-state index contributed by atoms with van der Waals surface area (Å²) < 4.78 is 85.0. The molecule has 13 heteroatoms. The zero-order valence-electron chi connectivity index (χ0n) is 17.1. The summed E-state index contributed by atoms with van der Waals surface area (Å²) in [5.74, 6) is -2.59. The van der Waals surface area contributed by atoms with Gasteiger partial charge in [0.1, 0.15) is 22.9 Å². The number of benzene rings is 1. The van der Waals surface area contributed by atoms with Crippen LogP contribution in [0, 0.1) is 5.82 Å². The summed E-state index contributed by atoms with van der Waals surface area (Å²) in [6.45, 7) is 1.39. The van der Waals surface area contributed by atoms with Crippen LogP contribution in [0.4, 0.5) is 32.0 Å². The van der Waals surface area contributed by atoms with E-state index in [4.69, 9.17) is 22.1 Å². The van der Waals surface area contributed by atoms with Gasteiger partial charge in [0, 0.05) is 23.0 Å². The number of rotatable bonds is 4. The van der Waals surface area contributed by atoms with Gasteiger partial charge < -0.3 is 15.8 Å². The topological polar surface area (TPSA) is 89.6 Å². The van der Waals surface area contributed by atoms with Gasteiger partial charge in [-0.15, -0.1) is 0 Å². The fourth-order valence-electron chi connectivity index (χ4n) is 3.07. The number of anilines is 1. The Morgan fingerprint density at radius 3 is 2.48 bits per heavy atom. The average Bonchev–Trinajstić information content (AvgIpc) is 2.71. The van der Waals surface area contributed by atoms with Gasteiger partial charge >= 0.3 is 6.18 Å². The smallest absolute Gasteiger partial charge is 0.385 e. The molecule has 2 heterocycles. The van der Waals surface area contributed by atoms with Crippen LogP contribution in [0.2, 0.25) is 5.02 Å². The number of nitrogens with two attached hydrogens (primary N) is 1. The first-order valence-electron chi connectivity index (χ1n) is 9.29. The zero-order valence-corrected chi connectivity index (χ0v) is 17.9. The van der Waals surface area contributed by atoms with E-state index in [0.717, 1.165) is 24.4 Å². The van der Waals surface area contributed by atoms with Crippen molar-refractivity contribution in [3.05, 3.63) is 58.1 Å². The van der Waals surface area contributed by atoms with Gasteiger partial charge in [-0.3, -0.25) is 9.79 Å². The number of aromatic nitrogens is 1. The number of nitrogens with zero attached hydrogens (tertiary/aromatic N) is 2. The van der Waals surface area contributed by atoms with Crippen LogP contribution in [0.15, 0.2) is 35.5 Å². The highest BCUT2D eigenvalue weighted by molar-refractivity contribution is 6.34. The molecule has 1 aromatic heterocycles. The van der Waals surface area contributed by atoms with Gasteiger partial charge in [-0.05, 0) is 38.1 Å². The molecule has 1 amide bonds.